The number of anilines is 1. The van der Waals surface area contributed by atoms with Crippen LogP contribution in [0.25, 0.3) is 11.4 Å². The maximum atomic E-state index is 12.9. The molecule has 7 heteroatoms. The molecule has 6 nitrogen and oxygen atoms in total. The lowest BCUT2D eigenvalue weighted by molar-refractivity contribution is -0.115. The lowest BCUT2D eigenvalue weighted by atomic mass is 10.1. The fourth-order valence-electron chi connectivity index (χ4n) is 2.25. The smallest absolute Gasteiger partial charge is 0.249 e. The number of rotatable bonds is 5. The number of halogens is 1. The Kier molecular flexibility index (Phi) is 4.51. The van der Waals surface area contributed by atoms with Crippen molar-refractivity contribution in [1.29, 1.82) is 0 Å². The second kappa shape index (κ2) is 6.91. The van der Waals surface area contributed by atoms with Gasteiger partial charge in [0.05, 0.1) is 13.5 Å². The second-order valence-corrected chi connectivity index (χ2v) is 5.05. The third-order valence-corrected chi connectivity index (χ3v) is 3.40. The number of aromatic nitrogens is 3. The molecule has 1 amide bonds. The van der Waals surface area contributed by atoms with Crippen molar-refractivity contribution in [3.05, 3.63) is 59.9 Å². The van der Waals surface area contributed by atoms with E-state index in [1.165, 1.54) is 12.1 Å². The summed E-state index contributed by atoms with van der Waals surface area (Å²) in [4.78, 5) is 16.3. The van der Waals surface area contributed by atoms with Gasteiger partial charge < -0.3 is 4.74 Å². The van der Waals surface area contributed by atoms with Gasteiger partial charge in [-0.3, -0.25) is 15.2 Å². The minimum atomic E-state index is -0.330. The molecule has 3 aromatic rings. The fourth-order valence-corrected chi connectivity index (χ4v) is 2.25. The first kappa shape index (κ1) is 15.7. The number of H-pyrrole nitrogens is 1. The molecule has 0 saturated carbocycles. The van der Waals surface area contributed by atoms with Gasteiger partial charge in [0.2, 0.25) is 11.9 Å². The van der Waals surface area contributed by atoms with Crippen LogP contribution in [0.3, 0.4) is 0 Å². The van der Waals surface area contributed by atoms with E-state index in [9.17, 15) is 9.18 Å². The first-order valence-electron chi connectivity index (χ1n) is 7.26. The average Bonchev–Trinajstić information content (AvgIpc) is 3.04. The van der Waals surface area contributed by atoms with Gasteiger partial charge in [-0.2, -0.15) is 4.98 Å². The Hall–Kier alpha value is -3.22. The number of nitrogens with one attached hydrogen (secondary N) is 2. The molecule has 1 heterocycles. The fraction of sp³-hybridized carbons (Fsp3) is 0.118. The van der Waals surface area contributed by atoms with Crippen LogP contribution in [0.5, 0.6) is 5.75 Å². The van der Waals surface area contributed by atoms with E-state index < -0.39 is 0 Å². The summed E-state index contributed by atoms with van der Waals surface area (Å²) in [5.41, 5.74) is 1.45. The van der Waals surface area contributed by atoms with E-state index in [1.807, 2.05) is 18.2 Å². The van der Waals surface area contributed by atoms with Crippen molar-refractivity contribution in [3.63, 3.8) is 0 Å². The van der Waals surface area contributed by atoms with Gasteiger partial charge in [0.1, 0.15) is 11.6 Å². The number of hydrogen-bond acceptors (Lipinski definition) is 4. The summed E-state index contributed by atoms with van der Waals surface area (Å²) in [7, 11) is 1.56. The molecule has 0 radical (unpaired) electrons. The Morgan fingerprint density at radius 2 is 1.96 bits per heavy atom. The molecule has 0 aliphatic rings. The van der Waals surface area contributed by atoms with E-state index in [0.29, 0.717) is 17.1 Å². The highest BCUT2D eigenvalue weighted by Gasteiger charge is 2.12. The van der Waals surface area contributed by atoms with Crippen LogP contribution in [-0.4, -0.2) is 28.2 Å². The summed E-state index contributed by atoms with van der Waals surface area (Å²) in [5.74, 6) is 0.666. The molecule has 0 bridgehead atoms. The van der Waals surface area contributed by atoms with Gasteiger partial charge >= 0.3 is 0 Å². The van der Waals surface area contributed by atoms with Crippen molar-refractivity contribution in [2.45, 2.75) is 6.42 Å². The highest BCUT2D eigenvalue weighted by Crippen LogP contribution is 2.19. The van der Waals surface area contributed by atoms with Crippen molar-refractivity contribution in [2.75, 3.05) is 12.4 Å². The zero-order valence-corrected chi connectivity index (χ0v) is 12.9. The number of carbonyl (C=O) groups is 1. The van der Waals surface area contributed by atoms with Crippen molar-refractivity contribution in [1.82, 2.24) is 15.2 Å². The average molecular weight is 326 g/mol. The van der Waals surface area contributed by atoms with E-state index in [1.54, 1.807) is 25.3 Å². The molecular formula is C17H15FN4O2. The molecule has 0 atom stereocenters. The standard InChI is InChI=1S/C17H15FN4O2/c1-24-14-5-3-2-4-12(14)10-15(23)19-17-20-16(21-22-17)11-6-8-13(18)9-7-11/h2-9H,10H2,1H3,(H2,19,20,21,22,23). The number of aromatic amines is 1. The van der Waals surface area contributed by atoms with E-state index in [0.717, 1.165) is 5.56 Å². The van der Waals surface area contributed by atoms with Gasteiger partial charge in [0.15, 0.2) is 5.82 Å². The van der Waals surface area contributed by atoms with Gasteiger partial charge in [-0.1, -0.05) is 18.2 Å². The number of nitrogens with zero attached hydrogens (tertiary/aromatic N) is 2. The summed E-state index contributed by atoms with van der Waals surface area (Å²) in [6.45, 7) is 0. The molecule has 0 aliphatic heterocycles. The molecular weight excluding hydrogens is 311 g/mol. The second-order valence-electron chi connectivity index (χ2n) is 5.05. The number of para-hydroxylation sites is 1. The Morgan fingerprint density at radius 1 is 1.21 bits per heavy atom. The van der Waals surface area contributed by atoms with Crippen LogP contribution in [0.15, 0.2) is 48.5 Å². The maximum absolute atomic E-state index is 12.9. The van der Waals surface area contributed by atoms with Gasteiger partial charge in [-0.25, -0.2) is 4.39 Å². The van der Waals surface area contributed by atoms with Gasteiger partial charge in [0, 0.05) is 11.1 Å². The molecule has 1 aromatic heterocycles. The molecule has 0 saturated heterocycles. The highest BCUT2D eigenvalue weighted by atomic mass is 19.1. The number of ether oxygens (including phenoxy) is 1. The molecule has 122 valence electrons. The van der Waals surface area contributed by atoms with E-state index in [-0.39, 0.29) is 24.1 Å². The van der Waals surface area contributed by atoms with Crippen molar-refractivity contribution < 1.29 is 13.9 Å². The number of amides is 1. The highest BCUT2D eigenvalue weighted by molar-refractivity contribution is 5.91. The van der Waals surface area contributed by atoms with Crippen LogP contribution < -0.4 is 10.1 Å². The predicted octanol–water partition coefficient (Wildman–Crippen LogP) is 2.80. The molecule has 3 rings (SSSR count). The monoisotopic (exact) mass is 326 g/mol. The SMILES string of the molecule is COc1ccccc1CC(=O)Nc1n[nH]c(-c2ccc(F)cc2)n1. The maximum Gasteiger partial charge on any atom is 0.249 e. The van der Waals surface area contributed by atoms with Crippen LogP contribution in [-0.2, 0) is 11.2 Å². The molecule has 0 spiro atoms. The van der Waals surface area contributed by atoms with E-state index in [2.05, 4.69) is 20.5 Å². The summed E-state index contributed by atoms with van der Waals surface area (Å²) in [6.07, 6.45) is 0.143. The Labute approximate surface area is 137 Å². The van der Waals surface area contributed by atoms with Crippen LogP contribution in [0, 0.1) is 5.82 Å². The zero-order valence-electron chi connectivity index (χ0n) is 12.9. The van der Waals surface area contributed by atoms with Gasteiger partial charge in [-0.15, -0.1) is 5.10 Å². The Balaban J connectivity index is 1.68. The largest absolute Gasteiger partial charge is 0.496 e. The molecule has 24 heavy (non-hydrogen) atoms. The van der Waals surface area contributed by atoms with Crippen molar-refractivity contribution in [3.8, 4) is 17.1 Å². The van der Waals surface area contributed by atoms with Crippen LogP contribution in [0.4, 0.5) is 10.3 Å². The summed E-state index contributed by atoms with van der Waals surface area (Å²) >= 11 is 0. The van der Waals surface area contributed by atoms with Crippen LogP contribution in [0.1, 0.15) is 5.56 Å². The zero-order chi connectivity index (χ0) is 16.9. The predicted molar refractivity (Wildman–Crippen MR) is 87.1 cm³/mol. The molecule has 0 aliphatic carbocycles. The van der Waals surface area contributed by atoms with Crippen LogP contribution in [0.2, 0.25) is 0 Å². The molecule has 0 unspecified atom stereocenters. The topological polar surface area (TPSA) is 79.9 Å². The third kappa shape index (κ3) is 3.57. The van der Waals surface area contributed by atoms with Gasteiger partial charge in [0.25, 0.3) is 0 Å². The van der Waals surface area contributed by atoms with Crippen LogP contribution >= 0.6 is 0 Å². The number of benzene rings is 2. The minimum absolute atomic E-state index is 0.143. The first-order chi connectivity index (χ1) is 11.7. The van der Waals surface area contributed by atoms with Crippen molar-refractivity contribution in [2.24, 2.45) is 0 Å². The first-order valence-corrected chi connectivity index (χ1v) is 7.26. The minimum Gasteiger partial charge on any atom is -0.496 e. The molecule has 2 N–H and O–H groups in total. The summed E-state index contributed by atoms with van der Waals surface area (Å²) < 4.78 is 18.2. The van der Waals surface area contributed by atoms with E-state index >= 15 is 0 Å². The molecule has 0 fully saturated rings. The number of hydrogen-bond donors (Lipinski definition) is 2. The van der Waals surface area contributed by atoms with E-state index in [4.69, 9.17) is 4.74 Å². The number of methoxy groups -OCH3 is 1. The number of carbonyl (C=O) groups excluding carboxylic acids is 1. The Morgan fingerprint density at radius 3 is 2.71 bits per heavy atom. The lowest BCUT2D eigenvalue weighted by Gasteiger charge is -2.07. The lowest BCUT2D eigenvalue weighted by Crippen LogP contribution is -2.15. The third-order valence-electron chi connectivity index (χ3n) is 3.40. The van der Waals surface area contributed by atoms with Gasteiger partial charge in [-0.05, 0) is 30.3 Å². The quantitative estimate of drug-likeness (QED) is 0.755. The molecule has 2 aromatic carbocycles. The summed E-state index contributed by atoms with van der Waals surface area (Å²) in [5, 5.41) is 9.28. The normalized spacial score (nSPS) is 10.4. The summed E-state index contributed by atoms with van der Waals surface area (Å²) in [6, 6.07) is 13.1. The van der Waals surface area contributed by atoms with Crippen molar-refractivity contribution >= 4 is 11.9 Å². The Bertz CT molecular complexity index is 846.